The van der Waals surface area contributed by atoms with Crippen molar-refractivity contribution in [2.75, 3.05) is 5.32 Å². The number of hydrogen-bond donors (Lipinski definition) is 2. The molecule has 3 aromatic rings. The highest BCUT2D eigenvalue weighted by Gasteiger charge is 2.24. The predicted molar refractivity (Wildman–Crippen MR) is 138 cm³/mol. The van der Waals surface area contributed by atoms with Crippen molar-refractivity contribution in [3.63, 3.8) is 0 Å². The maximum absolute atomic E-state index is 12.3. The maximum atomic E-state index is 12.3. The van der Waals surface area contributed by atoms with Crippen LogP contribution < -0.4 is 10.6 Å². The molecule has 4 rings (SSSR count). The normalized spacial score (nSPS) is 15.2. The average Bonchev–Trinajstić information content (AvgIpc) is 3.37. The second-order valence-corrected chi connectivity index (χ2v) is 10.0. The number of carbonyl (C=O) groups excluding carboxylic acids is 1. The minimum Gasteiger partial charge on any atom is -0.457 e. The highest BCUT2D eigenvalue weighted by atomic mass is 35.5. The van der Waals surface area contributed by atoms with E-state index in [0.717, 1.165) is 36.0 Å². The third kappa shape index (κ3) is 5.36. The van der Waals surface area contributed by atoms with Crippen LogP contribution in [0.5, 0.6) is 0 Å². The third-order valence-corrected chi connectivity index (χ3v) is 7.35. The van der Waals surface area contributed by atoms with Crippen molar-refractivity contribution in [2.24, 2.45) is 5.92 Å². The molecule has 2 aromatic heterocycles. The van der Waals surface area contributed by atoms with E-state index in [4.69, 9.17) is 28.2 Å². The molecule has 0 unspecified atom stereocenters. The third-order valence-electron chi connectivity index (χ3n) is 5.57. The van der Waals surface area contributed by atoms with E-state index in [0.29, 0.717) is 33.0 Å². The lowest BCUT2D eigenvalue weighted by Crippen LogP contribution is -2.32. The molecule has 0 spiro atoms. The number of amides is 1. The standard InChI is InChI=1S/C25H22ClN3O2S2/c1-14-3-8-18-19(13-27)24(33-22(18)11-14)29-25(32)28-23(30)10-7-17-6-9-21(31-17)16-5-4-15(2)20(26)12-16/h4-7,9-10,12,14H,3,8,11H2,1-2H3,(H2,28,29,30,32)/b10-7+/t14-/m0/s1. The van der Waals surface area contributed by atoms with Crippen LogP contribution in [0.4, 0.5) is 5.00 Å². The first-order valence-electron chi connectivity index (χ1n) is 10.5. The number of thiocarbonyl (C=S) groups is 1. The number of thiophene rings is 1. The van der Waals surface area contributed by atoms with E-state index in [9.17, 15) is 10.1 Å². The number of furan rings is 1. The highest BCUT2D eigenvalue weighted by Crippen LogP contribution is 2.39. The Bertz CT molecular complexity index is 1300. The predicted octanol–water partition coefficient (Wildman–Crippen LogP) is 6.49. The molecular formula is C25H22ClN3O2S2. The Balaban J connectivity index is 1.38. The molecule has 2 N–H and O–H groups in total. The highest BCUT2D eigenvalue weighted by molar-refractivity contribution is 7.80. The van der Waals surface area contributed by atoms with Crippen molar-refractivity contribution in [1.29, 1.82) is 5.26 Å². The van der Waals surface area contributed by atoms with Crippen LogP contribution in [0.25, 0.3) is 17.4 Å². The summed E-state index contributed by atoms with van der Waals surface area (Å²) in [6, 6.07) is 11.6. The summed E-state index contributed by atoms with van der Waals surface area (Å²) in [6.45, 7) is 4.16. The van der Waals surface area contributed by atoms with Crippen LogP contribution in [0, 0.1) is 24.2 Å². The van der Waals surface area contributed by atoms with Gasteiger partial charge in [0.15, 0.2) is 5.11 Å². The number of carbonyl (C=O) groups is 1. The molecule has 1 amide bonds. The molecule has 1 aliphatic rings. The molecule has 1 aliphatic carbocycles. The lowest BCUT2D eigenvalue weighted by Gasteiger charge is -2.17. The molecule has 1 atom stereocenters. The fourth-order valence-corrected chi connectivity index (χ4v) is 5.56. The number of benzene rings is 1. The van der Waals surface area contributed by atoms with Gasteiger partial charge in [0.1, 0.15) is 22.6 Å². The number of aryl methyl sites for hydroxylation is 1. The molecule has 168 valence electrons. The zero-order chi connectivity index (χ0) is 23.5. The van der Waals surface area contributed by atoms with Gasteiger partial charge in [-0.3, -0.25) is 10.1 Å². The quantitative estimate of drug-likeness (QED) is 0.319. The molecule has 0 saturated carbocycles. The topological polar surface area (TPSA) is 78.1 Å². The van der Waals surface area contributed by atoms with Crippen LogP contribution in [0.1, 0.15) is 40.7 Å². The summed E-state index contributed by atoms with van der Waals surface area (Å²) in [5.41, 5.74) is 3.60. The van der Waals surface area contributed by atoms with Gasteiger partial charge in [0, 0.05) is 21.5 Å². The minimum atomic E-state index is -0.391. The van der Waals surface area contributed by atoms with Crippen molar-refractivity contribution >= 4 is 57.3 Å². The smallest absolute Gasteiger partial charge is 0.250 e. The van der Waals surface area contributed by atoms with E-state index in [-0.39, 0.29) is 5.11 Å². The van der Waals surface area contributed by atoms with Gasteiger partial charge in [0.25, 0.3) is 0 Å². The maximum Gasteiger partial charge on any atom is 0.250 e. The number of hydrogen-bond acceptors (Lipinski definition) is 5. The van der Waals surface area contributed by atoms with Crippen molar-refractivity contribution in [3.8, 4) is 17.4 Å². The van der Waals surface area contributed by atoms with Crippen molar-refractivity contribution in [2.45, 2.75) is 33.1 Å². The zero-order valence-corrected chi connectivity index (χ0v) is 20.6. The SMILES string of the molecule is Cc1ccc(-c2ccc(/C=C/C(=O)NC(=S)Nc3sc4c(c3C#N)CC[C@H](C)C4)o2)cc1Cl. The number of rotatable bonds is 4. The molecule has 5 nitrogen and oxygen atoms in total. The molecule has 8 heteroatoms. The zero-order valence-electron chi connectivity index (χ0n) is 18.2. The summed E-state index contributed by atoms with van der Waals surface area (Å²) in [5.74, 6) is 1.41. The Morgan fingerprint density at radius 1 is 1.36 bits per heavy atom. The van der Waals surface area contributed by atoms with E-state index in [2.05, 4.69) is 23.6 Å². The summed E-state index contributed by atoms with van der Waals surface area (Å²) in [5, 5.41) is 16.8. The summed E-state index contributed by atoms with van der Waals surface area (Å²) < 4.78 is 5.79. The molecule has 0 saturated heterocycles. The molecule has 0 radical (unpaired) electrons. The molecule has 0 fully saturated rings. The van der Waals surface area contributed by atoms with Crippen molar-refractivity contribution in [3.05, 3.63) is 68.8 Å². The fraction of sp³-hybridized carbons (Fsp3) is 0.240. The summed E-state index contributed by atoms with van der Waals surface area (Å²) >= 11 is 13.0. The van der Waals surface area contributed by atoms with Gasteiger partial charge in [-0.2, -0.15) is 5.26 Å². The summed E-state index contributed by atoms with van der Waals surface area (Å²) in [7, 11) is 0. The van der Waals surface area contributed by atoms with Crippen LogP contribution in [-0.2, 0) is 17.6 Å². The Morgan fingerprint density at radius 3 is 2.94 bits per heavy atom. The number of anilines is 1. The van der Waals surface area contributed by atoms with E-state index in [1.807, 2.05) is 31.2 Å². The lowest BCUT2D eigenvalue weighted by atomic mass is 9.89. The Morgan fingerprint density at radius 2 is 2.18 bits per heavy atom. The molecule has 0 aliphatic heterocycles. The van der Waals surface area contributed by atoms with Gasteiger partial charge in [-0.15, -0.1) is 11.3 Å². The van der Waals surface area contributed by atoms with Crippen LogP contribution in [-0.4, -0.2) is 11.0 Å². The van der Waals surface area contributed by atoms with E-state index >= 15 is 0 Å². The van der Waals surface area contributed by atoms with Gasteiger partial charge in [0.2, 0.25) is 5.91 Å². The average molecular weight is 496 g/mol. The fourth-order valence-electron chi connectivity index (χ4n) is 3.75. The number of nitrogens with one attached hydrogen (secondary N) is 2. The molecule has 2 heterocycles. The summed E-state index contributed by atoms with van der Waals surface area (Å²) in [6.07, 6.45) is 5.88. The Kier molecular flexibility index (Phi) is 6.99. The monoisotopic (exact) mass is 495 g/mol. The first-order valence-corrected chi connectivity index (χ1v) is 12.2. The number of halogens is 1. The number of nitriles is 1. The van der Waals surface area contributed by atoms with Gasteiger partial charge in [0.05, 0.1) is 5.56 Å². The van der Waals surface area contributed by atoms with Crippen molar-refractivity contribution in [1.82, 2.24) is 5.32 Å². The first-order chi connectivity index (χ1) is 15.8. The molecule has 1 aromatic carbocycles. The van der Waals surface area contributed by atoms with Crippen LogP contribution in [0.3, 0.4) is 0 Å². The Hall–Kier alpha value is -2.92. The number of nitrogens with zero attached hydrogens (tertiary/aromatic N) is 1. The minimum absolute atomic E-state index is 0.155. The lowest BCUT2D eigenvalue weighted by molar-refractivity contribution is -0.115. The second kappa shape index (κ2) is 9.92. The van der Waals surface area contributed by atoms with E-state index in [1.165, 1.54) is 11.0 Å². The van der Waals surface area contributed by atoms with Gasteiger partial charge >= 0.3 is 0 Å². The van der Waals surface area contributed by atoms with Gasteiger partial charge in [-0.25, -0.2) is 0 Å². The molecular weight excluding hydrogens is 474 g/mol. The van der Waals surface area contributed by atoms with Crippen LogP contribution in [0.15, 0.2) is 40.8 Å². The van der Waals surface area contributed by atoms with E-state index in [1.54, 1.807) is 23.5 Å². The summed E-state index contributed by atoms with van der Waals surface area (Å²) in [4.78, 5) is 13.5. The Labute approximate surface area is 207 Å². The van der Waals surface area contributed by atoms with Gasteiger partial charge < -0.3 is 9.73 Å². The molecule has 0 bridgehead atoms. The van der Waals surface area contributed by atoms with Crippen LogP contribution >= 0.6 is 35.2 Å². The largest absolute Gasteiger partial charge is 0.457 e. The van der Waals surface area contributed by atoms with E-state index < -0.39 is 5.91 Å². The second-order valence-electron chi connectivity index (χ2n) is 8.11. The van der Waals surface area contributed by atoms with Crippen LogP contribution in [0.2, 0.25) is 5.02 Å². The van der Waals surface area contributed by atoms with Crippen molar-refractivity contribution < 1.29 is 9.21 Å². The first kappa shape index (κ1) is 23.2. The molecule has 33 heavy (non-hydrogen) atoms. The number of fused-ring (bicyclic) bond motifs is 1. The van der Waals surface area contributed by atoms with Gasteiger partial charge in [-0.1, -0.05) is 30.7 Å². The van der Waals surface area contributed by atoms with Gasteiger partial charge in [-0.05, 0) is 79.7 Å².